The normalized spacial score (nSPS) is 9.62. The molecule has 0 aliphatic heterocycles. The van der Waals surface area contributed by atoms with E-state index < -0.39 is 5.91 Å². The van der Waals surface area contributed by atoms with Gasteiger partial charge in [0.15, 0.2) is 0 Å². The van der Waals surface area contributed by atoms with E-state index in [2.05, 4.69) is 5.32 Å². The molecule has 0 heterocycles. The summed E-state index contributed by atoms with van der Waals surface area (Å²) in [6, 6.07) is 2.86. The minimum Gasteiger partial charge on any atom is -0.496 e. The van der Waals surface area contributed by atoms with E-state index in [1.165, 1.54) is 19.2 Å². The highest BCUT2D eigenvalue weighted by atomic mass is 35.5. The zero-order valence-corrected chi connectivity index (χ0v) is 9.38. The van der Waals surface area contributed by atoms with E-state index in [0.29, 0.717) is 17.7 Å². The molecule has 1 aromatic rings. The Hall–Kier alpha value is -1.75. The SMILES string of the molecule is COc1cc(N)c(Cl)cc1C(=O)NCC=O. The molecule has 5 nitrogen and oxygen atoms in total. The molecule has 0 saturated carbocycles. The summed E-state index contributed by atoms with van der Waals surface area (Å²) >= 11 is 5.79. The zero-order valence-electron chi connectivity index (χ0n) is 8.62. The number of anilines is 1. The molecular weight excluding hydrogens is 232 g/mol. The number of ether oxygens (including phenoxy) is 1. The van der Waals surface area contributed by atoms with Gasteiger partial charge in [0.1, 0.15) is 12.0 Å². The Labute approximate surface area is 97.5 Å². The second-order valence-electron chi connectivity index (χ2n) is 2.95. The number of nitrogen functional groups attached to an aromatic ring is 1. The van der Waals surface area contributed by atoms with Crippen molar-refractivity contribution in [2.75, 3.05) is 19.4 Å². The van der Waals surface area contributed by atoms with Crippen LogP contribution in [0.5, 0.6) is 5.75 Å². The molecule has 0 atom stereocenters. The number of carbonyl (C=O) groups is 2. The van der Waals surface area contributed by atoms with Gasteiger partial charge in [-0.2, -0.15) is 0 Å². The van der Waals surface area contributed by atoms with Gasteiger partial charge in [-0.3, -0.25) is 4.79 Å². The van der Waals surface area contributed by atoms with Gasteiger partial charge in [-0.25, -0.2) is 0 Å². The third-order valence-electron chi connectivity index (χ3n) is 1.91. The van der Waals surface area contributed by atoms with Gasteiger partial charge in [0, 0.05) is 6.07 Å². The summed E-state index contributed by atoms with van der Waals surface area (Å²) in [5.74, 6) is -0.129. The molecule has 86 valence electrons. The van der Waals surface area contributed by atoms with E-state index in [4.69, 9.17) is 22.1 Å². The summed E-state index contributed by atoms with van der Waals surface area (Å²) in [7, 11) is 1.42. The summed E-state index contributed by atoms with van der Waals surface area (Å²) in [5.41, 5.74) is 6.13. The third kappa shape index (κ3) is 2.64. The van der Waals surface area contributed by atoms with Crippen LogP contribution >= 0.6 is 11.6 Å². The number of halogens is 1. The van der Waals surface area contributed by atoms with Gasteiger partial charge in [-0.05, 0) is 6.07 Å². The van der Waals surface area contributed by atoms with Crippen LogP contribution in [0.25, 0.3) is 0 Å². The Bertz CT molecular complexity index is 421. The summed E-state index contributed by atoms with van der Waals surface area (Å²) in [5, 5.41) is 2.64. The van der Waals surface area contributed by atoms with Crippen LogP contribution in [0.4, 0.5) is 5.69 Å². The Morgan fingerprint density at radius 2 is 2.31 bits per heavy atom. The molecule has 6 heteroatoms. The highest BCUT2D eigenvalue weighted by molar-refractivity contribution is 6.33. The summed E-state index contributed by atoms with van der Waals surface area (Å²) in [4.78, 5) is 21.7. The molecule has 0 aliphatic rings. The lowest BCUT2D eigenvalue weighted by Gasteiger charge is -2.09. The average Bonchev–Trinajstić information content (AvgIpc) is 2.28. The molecular formula is C10H11ClN2O3. The Morgan fingerprint density at radius 1 is 1.62 bits per heavy atom. The van der Waals surface area contributed by atoms with Crippen LogP contribution in [0.1, 0.15) is 10.4 Å². The molecule has 0 aromatic heterocycles. The monoisotopic (exact) mass is 242 g/mol. The number of methoxy groups -OCH3 is 1. The van der Waals surface area contributed by atoms with Gasteiger partial charge in [0.25, 0.3) is 5.91 Å². The minimum atomic E-state index is -0.439. The van der Waals surface area contributed by atoms with Crippen LogP contribution in [-0.4, -0.2) is 25.8 Å². The van der Waals surface area contributed by atoms with E-state index in [-0.39, 0.29) is 17.1 Å². The van der Waals surface area contributed by atoms with Gasteiger partial charge >= 0.3 is 0 Å². The van der Waals surface area contributed by atoms with Crippen molar-refractivity contribution in [1.29, 1.82) is 0 Å². The lowest BCUT2D eigenvalue weighted by Crippen LogP contribution is -2.25. The summed E-state index contributed by atoms with van der Waals surface area (Å²) in [6.07, 6.45) is 0.587. The fraction of sp³-hybridized carbons (Fsp3) is 0.200. The molecule has 3 N–H and O–H groups in total. The Kier molecular flexibility index (Phi) is 4.13. The zero-order chi connectivity index (χ0) is 12.1. The van der Waals surface area contributed by atoms with Crippen molar-refractivity contribution in [2.45, 2.75) is 0 Å². The maximum Gasteiger partial charge on any atom is 0.255 e. The van der Waals surface area contributed by atoms with Crippen LogP contribution in [0, 0.1) is 0 Å². The van der Waals surface area contributed by atoms with Crippen molar-refractivity contribution in [1.82, 2.24) is 5.32 Å². The van der Waals surface area contributed by atoms with Crippen LogP contribution in [0.2, 0.25) is 5.02 Å². The van der Waals surface area contributed by atoms with Crippen molar-refractivity contribution in [3.8, 4) is 5.75 Å². The van der Waals surface area contributed by atoms with Crippen molar-refractivity contribution in [3.05, 3.63) is 22.7 Å². The standard InChI is InChI=1S/C10H11ClN2O3/c1-16-9-5-8(12)7(11)4-6(9)10(15)13-2-3-14/h3-5H,2,12H2,1H3,(H,13,15). The second kappa shape index (κ2) is 5.37. The van der Waals surface area contributed by atoms with Gasteiger partial charge in [0.05, 0.1) is 29.9 Å². The number of aldehydes is 1. The topological polar surface area (TPSA) is 81.4 Å². The Morgan fingerprint density at radius 3 is 2.88 bits per heavy atom. The molecule has 0 saturated heterocycles. The number of hydrogen-bond donors (Lipinski definition) is 2. The molecule has 0 fully saturated rings. The Balaban J connectivity index is 3.06. The number of amides is 1. The fourth-order valence-corrected chi connectivity index (χ4v) is 1.31. The summed E-state index contributed by atoms with van der Waals surface area (Å²) < 4.78 is 4.99. The number of nitrogens with two attached hydrogens (primary N) is 1. The molecule has 16 heavy (non-hydrogen) atoms. The van der Waals surface area contributed by atoms with E-state index in [1.807, 2.05) is 0 Å². The maximum absolute atomic E-state index is 11.6. The van der Waals surface area contributed by atoms with Crippen molar-refractivity contribution in [2.24, 2.45) is 0 Å². The predicted molar refractivity (Wildman–Crippen MR) is 60.8 cm³/mol. The highest BCUT2D eigenvalue weighted by Gasteiger charge is 2.14. The van der Waals surface area contributed by atoms with E-state index >= 15 is 0 Å². The second-order valence-corrected chi connectivity index (χ2v) is 3.36. The average molecular weight is 243 g/mol. The van der Waals surface area contributed by atoms with E-state index in [9.17, 15) is 9.59 Å². The first-order valence-electron chi connectivity index (χ1n) is 4.45. The predicted octanol–water partition coefficient (Wildman–Crippen LogP) is 0.860. The quantitative estimate of drug-likeness (QED) is 0.606. The molecule has 0 unspecified atom stereocenters. The first kappa shape index (κ1) is 12.3. The number of benzene rings is 1. The molecule has 1 aromatic carbocycles. The number of rotatable bonds is 4. The molecule has 1 amide bonds. The lowest BCUT2D eigenvalue weighted by molar-refractivity contribution is -0.107. The van der Waals surface area contributed by atoms with Crippen molar-refractivity contribution in [3.63, 3.8) is 0 Å². The van der Waals surface area contributed by atoms with Gasteiger partial charge in [0.2, 0.25) is 0 Å². The minimum absolute atomic E-state index is 0.0655. The highest BCUT2D eigenvalue weighted by Crippen LogP contribution is 2.28. The smallest absolute Gasteiger partial charge is 0.255 e. The molecule has 1 rings (SSSR count). The van der Waals surface area contributed by atoms with Gasteiger partial charge in [-0.1, -0.05) is 11.6 Å². The van der Waals surface area contributed by atoms with Crippen molar-refractivity contribution < 1.29 is 14.3 Å². The van der Waals surface area contributed by atoms with E-state index in [0.717, 1.165) is 0 Å². The number of carbonyl (C=O) groups excluding carboxylic acids is 2. The van der Waals surface area contributed by atoms with Gasteiger partial charge < -0.3 is 20.6 Å². The summed E-state index contributed by atoms with van der Waals surface area (Å²) in [6.45, 7) is -0.0655. The number of hydrogen-bond acceptors (Lipinski definition) is 4. The lowest BCUT2D eigenvalue weighted by atomic mass is 10.1. The van der Waals surface area contributed by atoms with E-state index in [1.54, 1.807) is 0 Å². The van der Waals surface area contributed by atoms with Crippen molar-refractivity contribution >= 4 is 29.5 Å². The largest absolute Gasteiger partial charge is 0.496 e. The van der Waals surface area contributed by atoms with Gasteiger partial charge in [-0.15, -0.1) is 0 Å². The molecule has 0 spiro atoms. The molecule has 0 radical (unpaired) electrons. The maximum atomic E-state index is 11.6. The first-order chi connectivity index (χ1) is 7.60. The molecule has 0 bridgehead atoms. The first-order valence-corrected chi connectivity index (χ1v) is 4.82. The van der Waals surface area contributed by atoms with Crippen LogP contribution in [0.15, 0.2) is 12.1 Å². The van der Waals surface area contributed by atoms with Crippen LogP contribution in [0.3, 0.4) is 0 Å². The fourth-order valence-electron chi connectivity index (χ4n) is 1.15. The third-order valence-corrected chi connectivity index (χ3v) is 2.24. The molecule has 0 aliphatic carbocycles. The number of nitrogens with one attached hydrogen (secondary N) is 1. The van der Waals surface area contributed by atoms with Crippen LogP contribution < -0.4 is 15.8 Å². The van der Waals surface area contributed by atoms with Crippen LogP contribution in [-0.2, 0) is 4.79 Å².